The van der Waals surface area contributed by atoms with Crippen molar-refractivity contribution in [2.24, 2.45) is 5.28 Å². The molecule has 0 saturated heterocycles. The van der Waals surface area contributed by atoms with Crippen molar-refractivity contribution in [1.29, 1.82) is 0 Å². The largest absolute Gasteiger partial charge is 0.429 e. The molecule has 0 fully saturated rings. The molecule has 138 valence electrons. The van der Waals surface area contributed by atoms with E-state index in [1.54, 1.807) is 24.3 Å². The van der Waals surface area contributed by atoms with Gasteiger partial charge >= 0.3 is 21.4 Å². The predicted octanol–water partition coefficient (Wildman–Crippen LogP) is 3.25. The average molecular weight is 403 g/mol. The Balaban J connectivity index is 1.67. The lowest BCUT2D eigenvalue weighted by atomic mass is 10.2. The topological polar surface area (TPSA) is 101 Å². The number of nitrogens with zero attached hydrogens (tertiary/aromatic N) is 3. The van der Waals surface area contributed by atoms with Gasteiger partial charge in [-0.15, -0.1) is 0 Å². The number of carbonyl (C=O) groups excluding carboxylic acids is 1. The van der Waals surface area contributed by atoms with Gasteiger partial charge < -0.3 is 0 Å². The normalized spacial score (nSPS) is 17.0. The fraction of sp³-hybridized carbons (Fsp3) is 0.176. The van der Waals surface area contributed by atoms with Crippen LogP contribution in [0, 0.1) is 13.8 Å². The minimum atomic E-state index is -4.17. The zero-order chi connectivity index (χ0) is 19.2. The minimum Gasteiger partial charge on any atom is -0.259 e. The summed E-state index contributed by atoms with van der Waals surface area (Å²) in [7, 11) is -4.17. The van der Waals surface area contributed by atoms with Crippen molar-refractivity contribution in [3.8, 4) is 0 Å². The van der Waals surface area contributed by atoms with Crippen LogP contribution in [0.3, 0.4) is 0 Å². The molecule has 27 heavy (non-hydrogen) atoms. The van der Waals surface area contributed by atoms with Crippen LogP contribution in [0.4, 0.5) is 10.8 Å². The van der Waals surface area contributed by atoms with E-state index in [9.17, 15) is 13.2 Å². The van der Waals surface area contributed by atoms with E-state index in [2.05, 4.69) is 19.8 Å². The van der Waals surface area contributed by atoms with Crippen molar-refractivity contribution < 1.29 is 22.7 Å². The smallest absolute Gasteiger partial charge is 0.259 e. The molecule has 0 saturated carbocycles. The van der Waals surface area contributed by atoms with E-state index in [1.807, 2.05) is 32.0 Å². The van der Waals surface area contributed by atoms with Gasteiger partial charge in [-0.2, -0.15) is 8.42 Å². The van der Waals surface area contributed by atoms with Crippen molar-refractivity contribution in [1.82, 2.24) is 4.98 Å². The molecule has 1 aliphatic rings. The fourth-order valence-corrected chi connectivity index (χ4v) is 5.00. The zero-order valence-electron chi connectivity index (χ0n) is 14.4. The van der Waals surface area contributed by atoms with Crippen molar-refractivity contribution >= 4 is 48.4 Å². The maximum Gasteiger partial charge on any atom is 0.429 e. The molecule has 2 heterocycles. The number of benzene rings is 2. The van der Waals surface area contributed by atoms with Crippen LogP contribution < -0.4 is 4.72 Å². The second kappa shape index (κ2) is 6.39. The number of anilines is 1. The van der Waals surface area contributed by atoms with Crippen LogP contribution >= 0.6 is 11.3 Å². The van der Waals surface area contributed by atoms with E-state index in [4.69, 9.17) is 0 Å². The Kier molecular flexibility index (Phi) is 4.16. The molecule has 10 heteroatoms. The molecule has 1 aliphatic heterocycles. The third-order valence-electron chi connectivity index (χ3n) is 4.01. The molecular weight excluding hydrogens is 388 g/mol. The van der Waals surface area contributed by atoms with E-state index in [0.717, 1.165) is 20.5 Å². The van der Waals surface area contributed by atoms with Crippen molar-refractivity contribution in [3.63, 3.8) is 0 Å². The van der Waals surface area contributed by atoms with Gasteiger partial charge in [0, 0.05) is 12.1 Å². The summed E-state index contributed by atoms with van der Waals surface area (Å²) in [4.78, 5) is 21.0. The maximum absolute atomic E-state index is 12.9. The molecule has 1 aromatic heterocycles. The van der Waals surface area contributed by atoms with Gasteiger partial charge in [0.05, 0.1) is 10.2 Å². The molecule has 3 aromatic rings. The highest BCUT2D eigenvalue weighted by molar-refractivity contribution is 7.94. The number of aryl methyl sites for hydroxylation is 2. The number of sulfonamides is 1. The molecule has 0 spiro atoms. The Labute approximate surface area is 159 Å². The Morgan fingerprint density at radius 3 is 2.56 bits per heavy atom. The first-order chi connectivity index (χ1) is 12.8. The summed E-state index contributed by atoms with van der Waals surface area (Å²) in [5, 5.41) is 2.16. The minimum absolute atomic E-state index is 0.180. The van der Waals surface area contributed by atoms with Gasteiger partial charge in [0.1, 0.15) is 0 Å². The summed E-state index contributed by atoms with van der Waals surface area (Å²) in [5.74, 6) is -0.972. The molecule has 1 N–H and O–H groups in total. The van der Waals surface area contributed by atoms with Crippen LogP contribution in [0.1, 0.15) is 11.1 Å². The Hall–Kier alpha value is -2.85. The lowest BCUT2D eigenvalue weighted by Crippen LogP contribution is -2.38. The third-order valence-corrected chi connectivity index (χ3v) is 6.55. The second-order valence-electron chi connectivity index (χ2n) is 6.16. The number of hydrogen-bond acceptors (Lipinski definition) is 7. The number of fused-ring (bicyclic) bond motifs is 1. The Bertz CT molecular complexity index is 1180. The number of aromatic nitrogens is 1. The fourth-order valence-electron chi connectivity index (χ4n) is 2.67. The van der Waals surface area contributed by atoms with Crippen LogP contribution in [0.2, 0.25) is 0 Å². The molecule has 0 radical (unpaired) electrons. The summed E-state index contributed by atoms with van der Waals surface area (Å²) in [6.07, 6.45) is 0. The van der Waals surface area contributed by atoms with E-state index in [-0.39, 0.29) is 5.13 Å². The molecule has 0 amide bonds. The summed E-state index contributed by atoms with van der Waals surface area (Å²) >= 11 is 1.19. The summed E-state index contributed by atoms with van der Waals surface area (Å²) in [6, 6.07) is 12.6. The predicted molar refractivity (Wildman–Crippen MR) is 100 cm³/mol. The van der Waals surface area contributed by atoms with Crippen LogP contribution in [0.25, 0.3) is 10.2 Å². The van der Waals surface area contributed by atoms with Crippen molar-refractivity contribution in [2.75, 3.05) is 4.72 Å². The van der Waals surface area contributed by atoms with Crippen LogP contribution in [-0.2, 0) is 19.7 Å². The Morgan fingerprint density at radius 2 is 1.81 bits per heavy atom. The SMILES string of the molecule is Cc1ccc([N+]2=NOC(=O)C2S(=O)(=O)Nc2nc3cc(C)ccc3s2)cc1. The Morgan fingerprint density at radius 1 is 1.11 bits per heavy atom. The summed E-state index contributed by atoms with van der Waals surface area (Å²) < 4.78 is 30.0. The van der Waals surface area contributed by atoms with Gasteiger partial charge in [-0.05, 0) is 36.2 Å². The lowest BCUT2D eigenvalue weighted by molar-refractivity contribution is -0.518. The third kappa shape index (κ3) is 3.28. The number of hydrogen-bond donors (Lipinski definition) is 1. The molecule has 1 unspecified atom stereocenters. The number of rotatable bonds is 4. The monoisotopic (exact) mass is 403 g/mol. The first-order valence-electron chi connectivity index (χ1n) is 8.00. The lowest BCUT2D eigenvalue weighted by Gasteiger charge is -2.06. The molecule has 0 aliphatic carbocycles. The molecule has 2 aromatic carbocycles. The number of thiazole rings is 1. The van der Waals surface area contributed by atoms with Crippen LogP contribution in [0.5, 0.6) is 0 Å². The maximum atomic E-state index is 12.9. The quantitative estimate of drug-likeness (QED) is 0.674. The van der Waals surface area contributed by atoms with Gasteiger partial charge in [0.2, 0.25) is 11.0 Å². The molecule has 1 atom stereocenters. The zero-order valence-corrected chi connectivity index (χ0v) is 16.0. The van der Waals surface area contributed by atoms with Gasteiger partial charge in [0.15, 0.2) is 5.13 Å². The molecule has 0 bridgehead atoms. The van der Waals surface area contributed by atoms with E-state index < -0.39 is 21.4 Å². The molecular formula is C17H15N4O4S2+. The highest BCUT2D eigenvalue weighted by Crippen LogP contribution is 2.30. The van der Waals surface area contributed by atoms with Crippen molar-refractivity contribution in [3.05, 3.63) is 53.6 Å². The van der Waals surface area contributed by atoms with Gasteiger partial charge in [0.25, 0.3) is 0 Å². The summed E-state index contributed by atoms with van der Waals surface area (Å²) in [5.41, 5.74) is 3.13. The van der Waals surface area contributed by atoms with Gasteiger partial charge in [-0.1, -0.05) is 35.1 Å². The van der Waals surface area contributed by atoms with Crippen molar-refractivity contribution in [2.45, 2.75) is 19.2 Å². The van der Waals surface area contributed by atoms with E-state index in [1.165, 1.54) is 11.3 Å². The second-order valence-corrected chi connectivity index (χ2v) is 8.93. The highest BCUT2D eigenvalue weighted by atomic mass is 32.2. The van der Waals surface area contributed by atoms with E-state index >= 15 is 0 Å². The van der Waals surface area contributed by atoms with Gasteiger partial charge in [-0.25, -0.2) is 9.78 Å². The molecule has 4 rings (SSSR count). The standard InChI is InChI=1S/C17H15N4O4S2/c1-10-3-6-12(7-4-10)21-15(16(22)25-20-21)27(23,24)19-17-18-13-9-11(2)5-8-14(13)26-17/h3-9,15H,1-2H3,(H,18,19)/q+1. The van der Waals surface area contributed by atoms with E-state index in [0.29, 0.717) is 11.2 Å². The van der Waals surface area contributed by atoms with Crippen LogP contribution in [0.15, 0.2) is 47.7 Å². The van der Waals surface area contributed by atoms with Gasteiger partial charge in [-0.3, -0.25) is 9.56 Å². The average Bonchev–Trinajstić information content (AvgIpc) is 3.18. The first-order valence-corrected chi connectivity index (χ1v) is 10.4. The number of carbonyl (C=O) groups is 1. The van der Waals surface area contributed by atoms with Crippen LogP contribution in [-0.4, -0.2) is 29.4 Å². The number of nitrogens with one attached hydrogen (secondary N) is 1. The highest BCUT2D eigenvalue weighted by Gasteiger charge is 2.52. The first kappa shape index (κ1) is 17.6. The molecule has 8 nitrogen and oxygen atoms in total. The summed E-state index contributed by atoms with van der Waals surface area (Å²) in [6.45, 7) is 3.83.